The summed E-state index contributed by atoms with van der Waals surface area (Å²) in [6.07, 6.45) is 1.73. The molecule has 0 spiro atoms. The van der Waals surface area contributed by atoms with Gasteiger partial charge >= 0.3 is 6.01 Å². The van der Waals surface area contributed by atoms with Crippen molar-refractivity contribution in [2.75, 3.05) is 17.7 Å². The third-order valence-electron chi connectivity index (χ3n) is 3.24. The molecule has 1 saturated heterocycles. The summed E-state index contributed by atoms with van der Waals surface area (Å²) in [7, 11) is 0. The molecule has 1 aromatic carbocycles. The predicted molar refractivity (Wildman–Crippen MR) is 83.5 cm³/mol. The number of thioether (sulfide) groups is 1. The first-order valence-corrected chi connectivity index (χ1v) is 8.33. The number of aromatic nitrogens is 2. The van der Waals surface area contributed by atoms with E-state index >= 15 is 0 Å². The largest absolute Gasteiger partial charge is 0.405 e. The highest BCUT2D eigenvalue weighted by molar-refractivity contribution is 7.99. The number of carbonyl (C=O) groups excluding carboxylic acids is 1. The van der Waals surface area contributed by atoms with Crippen LogP contribution in [-0.2, 0) is 15.3 Å². The number of anilines is 1. The molecular weight excluding hydrogens is 302 g/mol. The summed E-state index contributed by atoms with van der Waals surface area (Å²) in [4.78, 5) is 11.8. The molecule has 1 N–H and O–H groups in total. The van der Waals surface area contributed by atoms with Gasteiger partial charge in [0.25, 0.3) is 0 Å². The summed E-state index contributed by atoms with van der Waals surface area (Å²) in [5, 5.41) is 10.4. The van der Waals surface area contributed by atoms with Crippen molar-refractivity contribution in [3.05, 3.63) is 41.8 Å². The SMILES string of the molecule is O=C(CSCc1ccccc1)Nc1nnc([C@@H]2CCCO2)o1. The summed E-state index contributed by atoms with van der Waals surface area (Å²) in [6.45, 7) is 0.713. The second kappa shape index (κ2) is 7.42. The lowest BCUT2D eigenvalue weighted by atomic mass is 10.2. The van der Waals surface area contributed by atoms with Gasteiger partial charge in [0, 0.05) is 12.4 Å². The van der Waals surface area contributed by atoms with Gasteiger partial charge in [-0.15, -0.1) is 16.9 Å². The van der Waals surface area contributed by atoms with Gasteiger partial charge in [0.15, 0.2) is 0 Å². The van der Waals surface area contributed by atoms with Crippen LogP contribution in [0.15, 0.2) is 34.7 Å². The van der Waals surface area contributed by atoms with Crippen molar-refractivity contribution in [2.45, 2.75) is 24.7 Å². The van der Waals surface area contributed by atoms with Crippen molar-refractivity contribution in [1.29, 1.82) is 0 Å². The Morgan fingerprint density at radius 1 is 1.32 bits per heavy atom. The summed E-state index contributed by atoms with van der Waals surface area (Å²) >= 11 is 1.54. The van der Waals surface area contributed by atoms with E-state index in [1.54, 1.807) is 0 Å². The van der Waals surface area contributed by atoms with Gasteiger partial charge in [-0.05, 0) is 18.4 Å². The molecule has 1 atom stereocenters. The average Bonchev–Trinajstić information content (AvgIpc) is 3.19. The number of nitrogens with one attached hydrogen (secondary N) is 1. The van der Waals surface area contributed by atoms with Gasteiger partial charge in [0.05, 0.1) is 5.75 Å². The third kappa shape index (κ3) is 4.08. The van der Waals surface area contributed by atoms with E-state index in [9.17, 15) is 4.79 Å². The molecule has 0 aliphatic carbocycles. The topological polar surface area (TPSA) is 77.2 Å². The van der Waals surface area contributed by atoms with Crippen LogP contribution < -0.4 is 5.32 Å². The van der Waals surface area contributed by atoms with Crippen LogP contribution in [-0.4, -0.2) is 28.5 Å². The van der Waals surface area contributed by atoms with Crippen LogP contribution in [0, 0.1) is 0 Å². The Bertz CT molecular complexity index is 612. The molecular formula is C15H17N3O3S. The van der Waals surface area contributed by atoms with Crippen molar-refractivity contribution in [2.24, 2.45) is 0 Å². The fourth-order valence-corrected chi connectivity index (χ4v) is 2.97. The molecule has 3 rings (SSSR count). The number of hydrogen-bond donors (Lipinski definition) is 1. The van der Waals surface area contributed by atoms with Crippen LogP contribution in [0.3, 0.4) is 0 Å². The Morgan fingerprint density at radius 2 is 2.18 bits per heavy atom. The van der Waals surface area contributed by atoms with Crippen molar-refractivity contribution >= 4 is 23.7 Å². The Labute approximate surface area is 132 Å². The van der Waals surface area contributed by atoms with Gasteiger partial charge < -0.3 is 9.15 Å². The quantitative estimate of drug-likeness (QED) is 0.882. The van der Waals surface area contributed by atoms with Crippen LogP contribution in [0.2, 0.25) is 0 Å². The maximum Gasteiger partial charge on any atom is 0.322 e. The zero-order valence-electron chi connectivity index (χ0n) is 12.0. The number of carbonyl (C=O) groups is 1. The van der Waals surface area contributed by atoms with Gasteiger partial charge in [0.2, 0.25) is 11.8 Å². The molecule has 2 heterocycles. The van der Waals surface area contributed by atoms with Gasteiger partial charge in [-0.25, -0.2) is 0 Å². The highest BCUT2D eigenvalue weighted by Gasteiger charge is 2.23. The second-order valence-corrected chi connectivity index (χ2v) is 5.96. The Balaban J connectivity index is 1.43. The molecule has 6 nitrogen and oxygen atoms in total. The lowest BCUT2D eigenvalue weighted by molar-refractivity contribution is -0.113. The van der Waals surface area contributed by atoms with Crippen LogP contribution in [0.1, 0.15) is 30.4 Å². The van der Waals surface area contributed by atoms with E-state index in [2.05, 4.69) is 15.5 Å². The average molecular weight is 319 g/mol. The smallest absolute Gasteiger partial charge is 0.322 e. The Hall–Kier alpha value is -1.86. The number of amides is 1. The number of ether oxygens (including phenoxy) is 1. The van der Waals surface area contributed by atoms with Crippen molar-refractivity contribution in [3.63, 3.8) is 0 Å². The normalized spacial score (nSPS) is 17.5. The molecule has 1 aliphatic heterocycles. The van der Waals surface area contributed by atoms with Gasteiger partial charge in [0.1, 0.15) is 6.10 Å². The zero-order chi connectivity index (χ0) is 15.2. The lowest BCUT2D eigenvalue weighted by Crippen LogP contribution is -2.14. The van der Waals surface area contributed by atoms with E-state index in [-0.39, 0.29) is 18.0 Å². The maximum atomic E-state index is 11.8. The predicted octanol–water partition coefficient (Wildman–Crippen LogP) is 2.79. The molecule has 0 saturated carbocycles. The molecule has 1 aliphatic rings. The van der Waals surface area contributed by atoms with Crippen molar-refractivity contribution in [1.82, 2.24) is 10.2 Å². The van der Waals surface area contributed by atoms with E-state index in [0.717, 1.165) is 18.6 Å². The zero-order valence-corrected chi connectivity index (χ0v) is 12.8. The minimum Gasteiger partial charge on any atom is -0.405 e. The summed E-state index contributed by atoms with van der Waals surface area (Å²) < 4.78 is 10.9. The van der Waals surface area contributed by atoms with Gasteiger partial charge in [-0.2, -0.15) is 0 Å². The Kier molecular flexibility index (Phi) is 5.07. The van der Waals surface area contributed by atoms with Crippen molar-refractivity contribution < 1.29 is 13.9 Å². The fourth-order valence-electron chi connectivity index (χ4n) is 2.18. The highest BCUT2D eigenvalue weighted by Crippen LogP contribution is 2.28. The van der Waals surface area contributed by atoms with E-state index in [4.69, 9.17) is 9.15 Å². The van der Waals surface area contributed by atoms with Gasteiger partial charge in [-0.1, -0.05) is 35.4 Å². The van der Waals surface area contributed by atoms with Crippen LogP contribution in [0.4, 0.5) is 6.01 Å². The molecule has 7 heteroatoms. The van der Waals surface area contributed by atoms with E-state index in [0.29, 0.717) is 18.3 Å². The third-order valence-corrected chi connectivity index (χ3v) is 4.24. The standard InChI is InChI=1S/C15H17N3O3S/c19-13(10-22-9-11-5-2-1-3-6-11)16-15-18-17-14(21-15)12-7-4-8-20-12/h1-3,5-6,12H,4,7-10H2,(H,16,18,19)/t12-/m0/s1. The molecule has 22 heavy (non-hydrogen) atoms. The molecule has 1 aromatic heterocycles. The first-order valence-electron chi connectivity index (χ1n) is 7.18. The molecule has 1 amide bonds. The number of benzene rings is 1. The number of rotatable bonds is 6. The summed E-state index contributed by atoms with van der Waals surface area (Å²) in [6, 6.07) is 10.2. The highest BCUT2D eigenvalue weighted by atomic mass is 32.2. The molecule has 1 fully saturated rings. The molecule has 0 bridgehead atoms. The maximum absolute atomic E-state index is 11.8. The Morgan fingerprint density at radius 3 is 2.95 bits per heavy atom. The number of nitrogens with zero attached hydrogens (tertiary/aromatic N) is 2. The van der Waals surface area contributed by atoms with Crippen LogP contribution in [0.25, 0.3) is 0 Å². The number of hydrogen-bond acceptors (Lipinski definition) is 6. The van der Waals surface area contributed by atoms with E-state index < -0.39 is 0 Å². The fraction of sp³-hybridized carbons (Fsp3) is 0.400. The minimum atomic E-state index is -0.150. The molecule has 116 valence electrons. The van der Waals surface area contributed by atoms with Crippen LogP contribution >= 0.6 is 11.8 Å². The van der Waals surface area contributed by atoms with E-state index in [1.807, 2.05) is 30.3 Å². The monoisotopic (exact) mass is 319 g/mol. The lowest BCUT2D eigenvalue weighted by Gasteiger charge is -2.03. The van der Waals surface area contributed by atoms with E-state index in [1.165, 1.54) is 17.3 Å². The summed E-state index contributed by atoms with van der Waals surface area (Å²) in [5.41, 5.74) is 1.19. The van der Waals surface area contributed by atoms with Crippen molar-refractivity contribution in [3.8, 4) is 0 Å². The second-order valence-electron chi connectivity index (χ2n) is 4.97. The molecule has 2 aromatic rings. The van der Waals surface area contributed by atoms with Crippen LogP contribution in [0.5, 0.6) is 0 Å². The molecule has 0 unspecified atom stereocenters. The molecule has 0 radical (unpaired) electrons. The minimum absolute atomic E-state index is 0.134. The first-order chi connectivity index (χ1) is 10.8. The summed E-state index contributed by atoms with van der Waals surface area (Å²) in [5.74, 6) is 1.42. The first kappa shape index (κ1) is 15.1. The van der Waals surface area contributed by atoms with Gasteiger partial charge in [-0.3, -0.25) is 10.1 Å².